The molecule has 39 heavy (non-hydrogen) atoms. The minimum atomic E-state index is -0.207. The summed E-state index contributed by atoms with van der Waals surface area (Å²) in [6.07, 6.45) is 9.44. The number of benzene rings is 2. The molecule has 0 spiro atoms. The molecule has 2 amide bonds. The van der Waals surface area contributed by atoms with Crippen molar-refractivity contribution >= 4 is 34.0 Å². The van der Waals surface area contributed by atoms with Crippen molar-refractivity contribution in [3.05, 3.63) is 70.7 Å². The quantitative estimate of drug-likeness (QED) is 0.321. The SMILES string of the molecule is CCCCc1ccc(OC)c(N(C(=O)c2ccc(C(=O)N3CCC(N4CCCC4)CC3)cc2)c2nccs2)c1. The summed E-state index contributed by atoms with van der Waals surface area (Å²) in [4.78, 5) is 37.8. The highest BCUT2D eigenvalue weighted by Crippen LogP contribution is 2.37. The highest BCUT2D eigenvalue weighted by atomic mass is 32.1. The third kappa shape index (κ3) is 6.17. The third-order valence-corrected chi connectivity index (χ3v) is 8.66. The fourth-order valence-electron chi connectivity index (χ4n) is 5.68. The summed E-state index contributed by atoms with van der Waals surface area (Å²) in [5.74, 6) is 0.445. The molecule has 8 heteroatoms. The van der Waals surface area contributed by atoms with Gasteiger partial charge in [0.15, 0.2) is 5.13 Å². The van der Waals surface area contributed by atoms with Gasteiger partial charge in [0.1, 0.15) is 5.75 Å². The number of anilines is 2. The average molecular weight is 547 g/mol. The fraction of sp³-hybridized carbons (Fsp3) is 0.452. The standard InChI is InChI=1S/C31H38N4O3S/c1-3-4-7-23-8-13-28(38-2)27(22-23)35(31-32-16-21-39-31)30(37)25-11-9-24(10-12-25)29(36)34-19-14-26(15-20-34)33-17-5-6-18-33/h8-13,16,21-22,26H,3-7,14-15,17-20H2,1-2H3. The zero-order valence-electron chi connectivity index (χ0n) is 23.0. The summed E-state index contributed by atoms with van der Waals surface area (Å²) >= 11 is 1.40. The predicted octanol–water partition coefficient (Wildman–Crippen LogP) is 6.17. The molecule has 0 radical (unpaired) electrons. The van der Waals surface area contributed by atoms with Crippen molar-refractivity contribution in [3.63, 3.8) is 0 Å². The van der Waals surface area contributed by atoms with E-state index in [1.807, 2.05) is 22.4 Å². The van der Waals surface area contributed by atoms with Gasteiger partial charge < -0.3 is 14.5 Å². The number of piperidine rings is 1. The van der Waals surface area contributed by atoms with Crippen LogP contribution in [0.5, 0.6) is 5.75 Å². The van der Waals surface area contributed by atoms with E-state index in [4.69, 9.17) is 4.74 Å². The van der Waals surface area contributed by atoms with Crippen molar-refractivity contribution in [2.75, 3.05) is 38.2 Å². The van der Waals surface area contributed by atoms with Gasteiger partial charge in [0.05, 0.1) is 12.8 Å². The van der Waals surface area contributed by atoms with E-state index < -0.39 is 0 Å². The molecule has 0 N–H and O–H groups in total. The van der Waals surface area contributed by atoms with E-state index in [9.17, 15) is 9.59 Å². The number of carbonyl (C=O) groups is 2. The number of thiazole rings is 1. The molecule has 0 saturated carbocycles. The van der Waals surface area contributed by atoms with Crippen molar-refractivity contribution in [2.45, 2.75) is 57.9 Å². The van der Waals surface area contributed by atoms with Gasteiger partial charge in [-0.2, -0.15) is 0 Å². The molecular formula is C31H38N4O3S. The van der Waals surface area contributed by atoms with Gasteiger partial charge in [-0.25, -0.2) is 9.88 Å². The zero-order valence-corrected chi connectivity index (χ0v) is 23.8. The van der Waals surface area contributed by atoms with Crippen LogP contribution in [-0.2, 0) is 6.42 Å². The summed E-state index contributed by atoms with van der Waals surface area (Å²) < 4.78 is 5.66. The van der Waals surface area contributed by atoms with Crippen LogP contribution < -0.4 is 9.64 Å². The van der Waals surface area contributed by atoms with Crippen molar-refractivity contribution in [1.82, 2.24) is 14.8 Å². The van der Waals surface area contributed by atoms with Gasteiger partial charge in [0.25, 0.3) is 11.8 Å². The minimum Gasteiger partial charge on any atom is -0.495 e. The smallest absolute Gasteiger partial charge is 0.264 e. The second-order valence-electron chi connectivity index (χ2n) is 10.4. The first kappa shape index (κ1) is 27.3. The number of rotatable bonds is 9. The monoisotopic (exact) mass is 546 g/mol. The molecule has 2 aromatic carbocycles. The van der Waals surface area contributed by atoms with Crippen LogP contribution in [0.1, 0.15) is 71.7 Å². The molecule has 3 aromatic rings. The van der Waals surface area contributed by atoms with Gasteiger partial charge in [-0.1, -0.05) is 19.4 Å². The Morgan fingerprint density at radius 3 is 2.38 bits per heavy atom. The van der Waals surface area contributed by atoms with Gasteiger partial charge in [0, 0.05) is 41.8 Å². The van der Waals surface area contributed by atoms with Gasteiger partial charge in [-0.15, -0.1) is 11.3 Å². The van der Waals surface area contributed by atoms with Crippen LogP contribution in [0.3, 0.4) is 0 Å². The fourth-order valence-corrected chi connectivity index (χ4v) is 6.33. The van der Waals surface area contributed by atoms with E-state index in [1.54, 1.807) is 42.5 Å². The van der Waals surface area contributed by atoms with E-state index >= 15 is 0 Å². The lowest BCUT2D eigenvalue weighted by molar-refractivity contribution is 0.0644. The Balaban J connectivity index is 1.33. The molecular weight excluding hydrogens is 508 g/mol. The first-order valence-corrected chi connectivity index (χ1v) is 15.0. The van der Waals surface area contributed by atoms with Crippen molar-refractivity contribution in [1.29, 1.82) is 0 Å². The summed E-state index contributed by atoms with van der Waals surface area (Å²) in [6, 6.07) is 13.7. The molecule has 3 heterocycles. The topological polar surface area (TPSA) is 66.0 Å². The lowest BCUT2D eigenvalue weighted by atomic mass is 10.0. The molecule has 1 aromatic heterocycles. The van der Waals surface area contributed by atoms with Gasteiger partial charge in [0.2, 0.25) is 0 Å². The Labute approximate surface area is 235 Å². The second kappa shape index (κ2) is 12.7. The van der Waals surface area contributed by atoms with E-state index in [-0.39, 0.29) is 11.8 Å². The molecule has 7 nitrogen and oxygen atoms in total. The van der Waals surface area contributed by atoms with Crippen molar-refractivity contribution in [2.24, 2.45) is 0 Å². The number of unbranched alkanes of at least 4 members (excludes halogenated alkanes) is 1. The highest BCUT2D eigenvalue weighted by molar-refractivity contribution is 7.14. The van der Waals surface area contributed by atoms with E-state index in [0.717, 1.165) is 50.8 Å². The molecule has 0 unspecified atom stereocenters. The highest BCUT2D eigenvalue weighted by Gasteiger charge is 2.29. The Bertz CT molecular complexity index is 1250. The molecule has 2 saturated heterocycles. The summed E-state index contributed by atoms with van der Waals surface area (Å²) in [5, 5.41) is 2.43. The van der Waals surface area contributed by atoms with Crippen LogP contribution in [0.4, 0.5) is 10.8 Å². The molecule has 2 fully saturated rings. The molecule has 0 bridgehead atoms. The lowest BCUT2D eigenvalue weighted by Gasteiger charge is -2.36. The zero-order chi connectivity index (χ0) is 27.2. The van der Waals surface area contributed by atoms with Crippen LogP contribution in [0.25, 0.3) is 0 Å². The number of methoxy groups -OCH3 is 1. The first-order chi connectivity index (χ1) is 19.1. The second-order valence-corrected chi connectivity index (χ2v) is 11.3. The molecule has 0 atom stereocenters. The third-order valence-electron chi connectivity index (χ3n) is 7.90. The van der Waals surface area contributed by atoms with E-state index in [1.165, 1.54) is 37.3 Å². The number of hydrogen-bond acceptors (Lipinski definition) is 6. The van der Waals surface area contributed by atoms with Crippen LogP contribution >= 0.6 is 11.3 Å². The Morgan fingerprint density at radius 2 is 1.74 bits per heavy atom. The molecule has 2 aliphatic rings. The number of nitrogens with zero attached hydrogens (tertiary/aromatic N) is 4. The Kier molecular flexibility index (Phi) is 8.94. The summed E-state index contributed by atoms with van der Waals surface area (Å²) in [7, 11) is 1.61. The number of aromatic nitrogens is 1. The Morgan fingerprint density at radius 1 is 1.03 bits per heavy atom. The minimum absolute atomic E-state index is 0.0379. The van der Waals surface area contributed by atoms with Gasteiger partial charge in [-0.05, 0) is 93.6 Å². The van der Waals surface area contributed by atoms with Crippen LogP contribution in [0.2, 0.25) is 0 Å². The van der Waals surface area contributed by atoms with Crippen molar-refractivity contribution < 1.29 is 14.3 Å². The first-order valence-electron chi connectivity index (χ1n) is 14.1. The summed E-state index contributed by atoms with van der Waals surface area (Å²) in [5.41, 5.74) is 2.94. The lowest BCUT2D eigenvalue weighted by Crippen LogP contribution is -2.45. The number of aryl methyl sites for hydroxylation is 1. The number of likely N-dealkylation sites (tertiary alicyclic amines) is 2. The number of ether oxygens (including phenoxy) is 1. The number of carbonyl (C=O) groups excluding carboxylic acids is 2. The number of amides is 2. The van der Waals surface area contributed by atoms with Crippen LogP contribution in [0.15, 0.2) is 54.0 Å². The maximum atomic E-state index is 13.9. The largest absolute Gasteiger partial charge is 0.495 e. The average Bonchev–Trinajstić information content (AvgIpc) is 3.72. The normalized spacial score (nSPS) is 16.4. The maximum absolute atomic E-state index is 13.9. The number of hydrogen-bond donors (Lipinski definition) is 0. The summed E-state index contributed by atoms with van der Waals surface area (Å²) in [6.45, 7) is 6.13. The van der Waals surface area contributed by atoms with Gasteiger partial charge in [-0.3, -0.25) is 9.59 Å². The van der Waals surface area contributed by atoms with Crippen LogP contribution in [0, 0.1) is 0 Å². The van der Waals surface area contributed by atoms with Crippen LogP contribution in [-0.4, -0.2) is 65.9 Å². The van der Waals surface area contributed by atoms with Gasteiger partial charge >= 0.3 is 0 Å². The maximum Gasteiger partial charge on any atom is 0.264 e. The van der Waals surface area contributed by atoms with Crippen molar-refractivity contribution in [3.8, 4) is 5.75 Å². The van der Waals surface area contributed by atoms with E-state index in [2.05, 4.69) is 22.9 Å². The molecule has 5 rings (SSSR count). The molecule has 2 aliphatic heterocycles. The molecule has 0 aliphatic carbocycles. The molecule has 206 valence electrons. The predicted molar refractivity (Wildman–Crippen MR) is 156 cm³/mol. The Hall–Kier alpha value is -3.23. The van der Waals surface area contributed by atoms with E-state index in [0.29, 0.717) is 33.7 Å².